The zero-order chi connectivity index (χ0) is 24.9. The normalized spacial score (nSPS) is 15.5. The first-order valence-corrected chi connectivity index (χ1v) is 13.1. The maximum atomic E-state index is 13.3. The number of nitrogens with zero attached hydrogens (tertiary/aromatic N) is 3. The van der Waals surface area contributed by atoms with Gasteiger partial charge in [0.2, 0.25) is 17.6 Å². The van der Waals surface area contributed by atoms with E-state index in [1.807, 2.05) is 54.6 Å². The molecule has 1 amide bonds. The molecule has 1 N–H and O–H groups in total. The van der Waals surface area contributed by atoms with Crippen LogP contribution in [0.2, 0.25) is 0 Å². The Labute approximate surface area is 219 Å². The minimum atomic E-state index is -0.159. The number of aromatic nitrogens is 2. The van der Waals surface area contributed by atoms with Gasteiger partial charge >= 0.3 is 0 Å². The standard InChI is InChI=1S/C29H29BrN4O2/c1-20-7-5-6-10-25(20)27(21-8-3-2-4-9-21)32-29(35)23-15-17-34(18-16-23)19-26-31-28(33-36-26)22-11-13-24(30)14-12-22/h2-14,23,27H,15-19H2,1H3,(H,32,35). The number of carbonyl (C=O) groups is 1. The van der Waals surface area contributed by atoms with Gasteiger partial charge in [0.15, 0.2) is 0 Å². The summed E-state index contributed by atoms with van der Waals surface area (Å²) < 4.78 is 6.50. The number of hydrogen-bond acceptors (Lipinski definition) is 5. The molecule has 0 saturated carbocycles. The minimum absolute atomic E-state index is 0.0162. The molecule has 3 aromatic carbocycles. The zero-order valence-electron chi connectivity index (χ0n) is 20.2. The Balaban J connectivity index is 1.19. The molecule has 1 atom stereocenters. The van der Waals surface area contributed by atoms with Crippen LogP contribution in [-0.2, 0) is 11.3 Å². The smallest absolute Gasteiger partial charge is 0.241 e. The molecule has 1 aliphatic heterocycles. The Kier molecular flexibility index (Phi) is 7.58. The third-order valence-electron chi connectivity index (χ3n) is 6.81. The number of benzene rings is 3. The molecule has 7 heteroatoms. The van der Waals surface area contributed by atoms with Crippen LogP contribution in [0.4, 0.5) is 0 Å². The van der Waals surface area contributed by atoms with Gasteiger partial charge in [-0.3, -0.25) is 9.69 Å². The van der Waals surface area contributed by atoms with Crippen molar-refractivity contribution in [1.82, 2.24) is 20.4 Å². The second kappa shape index (κ2) is 11.2. The van der Waals surface area contributed by atoms with E-state index in [0.29, 0.717) is 18.3 Å². The van der Waals surface area contributed by atoms with Crippen molar-refractivity contribution in [3.63, 3.8) is 0 Å². The molecule has 1 aliphatic rings. The van der Waals surface area contributed by atoms with Crippen molar-refractivity contribution in [1.29, 1.82) is 0 Å². The van der Waals surface area contributed by atoms with Crippen LogP contribution in [-0.4, -0.2) is 34.0 Å². The van der Waals surface area contributed by atoms with Gasteiger partial charge in [0.25, 0.3) is 0 Å². The maximum absolute atomic E-state index is 13.3. The van der Waals surface area contributed by atoms with Crippen molar-refractivity contribution in [2.75, 3.05) is 13.1 Å². The summed E-state index contributed by atoms with van der Waals surface area (Å²) in [5.41, 5.74) is 4.32. The summed E-state index contributed by atoms with van der Waals surface area (Å²) in [7, 11) is 0. The summed E-state index contributed by atoms with van der Waals surface area (Å²) in [6.45, 7) is 4.31. The third-order valence-corrected chi connectivity index (χ3v) is 7.34. The van der Waals surface area contributed by atoms with Crippen molar-refractivity contribution in [3.05, 3.63) is 106 Å². The van der Waals surface area contributed by atoms with E-state index in [9.17, 15) is 4.79 Å². The highest BCUT2D eigenvalue weighted by atomic mass is 79.9. The second-order valence-electron chi connectivity index (χ2n) is 9.28. The largest absolute Gasteiger partial charge is 0.345 e. The van der Waals surface area contributed by atoms with E-state index in [2.05, 4.69) is 67.5 Å². The monoisotopic (exact) mass is 544 g/mol. The van der Waals surface area contributed by atoms with Crippen molar-refractivity contribution in [2.45, 2.75) is 32.4 Å². The molecule has 36 heavy (non-hydrogen) atoms. The lowest BCUT2D eigenvalue weighted by atomic mass is 9.92. The lowest BCUT2D eigenvalue weighted by Gasteiger charge is -2.31. The van der Waals surface area contributed by atoms with Crippen molar-refractivity contribution >= 4 is 21.8 Å². The van der Waals surface area contributed by atoms with Gasteiger partial charge in [0.1, 0.15) is 0 Å². The van der Waals surface area contributed by atoms with E-state index in [1.54, 1.807) is 0 Å². The van der Waals surface area contributed by atoms with Crippen LogP contribution in [0.5, 0.6) is 0 Å². The van der Waals surface area contributed by atoms with Gasteiger partial charge in [-0.15, -0.1) is 0 Å². The fourth-order valence-corrected chi connectivity index (χ4v) is 5.00. The first-order valence-electron chi connectivity index (χ1n) is 12.3. The Morgan fingerprint density at radius 2 is 1.72 bits per heavy atom. The minimum Gasteiger partial charge on any atom is -0.345 e. The summed E-state index contributed by atoms with van der Waals surface area (Å²) >= 11 is 3.44. The zero-order valence-corrected chi connectivity index (χ0v) is 21.8. The van der Waals surface area contributed by atoms with E-state index >= 15 is 0 Å². The van der Waals surface area contributed by atoms with E-state index in [1.165, 1.54) is 5.56 Å². The molecule has 6 nitrogen and oxygen atoms in total. The van der Waals surface area contributed by atoms with E-state index in [0.717, 1.165) is 47.1 Å². The van der Waals surface area contributed by atoms with Gasteiger partial charge in [-0.25, -0.2) is 0 Å². The third kappa shape index (κ3) is 5.74. The summed E-state index contributed by atoms with van der Waals surface area (Å²) in [5.74, 6) is 1.29. The number of hydrogen-bond donors (Lipinski definition) is 1. The lowest BCUT2D eigenvalue weighted by molar-refractivity contribution is -0.127. The second-order valence-corrected chi connectivity index (χ2v) is 10.2. The number of piperidine rings is 1. The summed E-state index contributed by atoms with van der Waals surface area (Å²) in [5, 5.41) is 7.48. The number of rotatable bonds is 7. The molecular weight excluding hydrogens is 516 g/mol. The molecule has 1 fully saturated rings. The maximum Gasteiger partial charge on any atom is 0.241 e. The summed E-state index contributed by atoms with van der Waals surface area (Å²) in [4.78, 5) is 20.2. The van der Waals surface area contributed by atoms with Crippen LogP contribution in [0, 0.1) is 12.8 Å². The molecule has 1 unspecified atom stereocenters. The average molecular weight is 545 g/mol. The molecule has 4 aromatic rings. The first-order chi connectivity index (χ1) is 17.6. The molecule has 1 aromatic heterocycles. The van der Waals surface area contributed by atoms with Crippen molar-refractivity contribution < 1.29 is 9.32 Å². The SMILES string of the molecule is Cc1ccccc1C(NC(=O)C1CCN(Cc2nc(-c3ccc(Br)cc3)no2)CC1)c1ccccc1. The highest BCUT2D eigenvalue weighted by Crippen LogP contribution is 2.27. The molecule has 0 radical (unpaired) electrons. The number of aryl methyl sites for hydroxylation is 1. The first kappa shape index (κ1) is 24.4. The fourth-order valence-electron chi connectivity index (χ4n) is 4.74. The predicted molar refractivity (Wildman–Crippen MR) is 143 cm³/mol. The van der Waals surface area contributed by atoms with Crippen LogP contribution >= 0.6 is 15.9 Å². The Hall–Kier alpha value is -3.29. The molecule has 0 spiro atoms. The summed E-state index contributed by atoms with van der Waals surface area (Å²) in [6, 6.07) is 26.1. The van der Waals surface area contributed by atoms with Gasteiger partial charge in [-0.2, -0.15) is 4.98 Å². The van der Waals surface area contributed by atoms with Crippen LogP contribution in [0.1, 0.15) is 41.5 Å². The van der Waals surface area contributed by atoms with Gasteiger partial charge in [-0.1, -0.05) is 75.7 Å². The molecule has 2 heterocycles. The van der Waals surface area contributed by atoms with E-state index in [-0.39, 0.29) is 17.9 Å². The lowest BCUT2D eigenvalue weighted by Crippen LogP contribution is -2.41. The number of halogens is 1. The van der Waals surface area contributed by atoms with Gasteiger partial charge < -0.3 is 9.84 Å². The number of nitrogens with one attached hydrogen (secondary N) is 1. The molecule has 184 valence electrons. The van der Waals surface area contributed by atoms with Crippen LogP contribution in [0.25, 0.3) is 11.4 Å². The van der Waals surface area contributed by atoms with Crippen LogP contribution < -0.4 is 5.32 Å². The number of carbonyl (C=O) groups excluding carboxylic acids is 1. The predicted octanol–water partition coefficient (Wildman–Crippen LogP) is 5.93. The number of likely N-dealkylation sites (tertiary alicyclic amines) is 1. The molecule has 0 aliphatic carbocycles. The fraction of sp³-hybridized carbons (Fsp3) is 0.276. The topological polar surface area (TPSA) is 71.3 Å². The van der Waals surface area contributed by atoms with Crippen molar-refractivity contribution in [3.8, 4) is 11.4 Å². The van der Waals surface area contributed by atoms with Gasteiger partial charge in [0.05, 0.1) is 12.6 Å². The Morgan fingerprint density at radius 3 is 2.44 bits per heavy atom. The van der Waals surface area contributed by atoms with Crippen LogP contribution in [0.15, 0.2) is 87.9 Å². The summed E-state index contributed by atoms with van der Waals surface area (Å²) in [6.07, 6.45) is 1.60. The molecular formula is C29H29BrN4O2. The Morgan fingerprint density at radius 1 is 1.03 bits per heavy atom. The molecule has 0 bridgehead atoms. The van der Waals surface area contributed by atoms with Gasteiger partial charge in [-0.05, 0) is 73.8 Å². The van der Waals surface area contributed by atoms with E-state index < -0.39 is 0 Å². The Bertz CT molecular complexity index is 1300. The highest BCUT2D eigenvalue weighted by molar-refractivity contribution is 9.10. The average Bonchev–Trinajstić information content (AvgIpc) is 3.37. The van der Waals surface area contributed by atoms with Crippen molar-refractivity contribution in [2.24, 2.45) is 5.92 Å². The number of amides is 1. The van der Waals surface area contributed by atoms with E-state index in [4.69, 9.17) is 4.52 Å². The van der Waals surface area contributed by atoms with Crippen LogP contribution in [0.3, 0.4) is 0 Å². The molecule has 5 rings (SSSR count). The highest BCUT2D eigenvalue weighted by Gasteiger charge is 2.28. The quantitative estimate of drug-likeness (QED) is 0.312. The van der Waals surface area contributed by atoms with Gasteiger partial charge in [0, 0.05) is 16.0 Å². The molecule has 1 saturated heterocycles.